The molecule has 2 N–H and O–H groups in total. The molecular formula is C7H9ClN2. The Morgan fingerprint density at radius 1 is 1.70 bits per heavy atom. The molecule has 0 aliphatic rings. The van der Waals surface area contributed by atoms with Crippen molar-refractivity contribution in [3.05, 3.63) is 28.5 Å². The first kappa shape index (κ1) is 7.51. The Hall–Kier alpha value is -0.600. The van der Waals surface area contributed by atoms with E-state index < -0.39 is 0 Å². The van der Waals surface area contributed by atoms with Gasteiger partial charge in [0.15, 0.2) is 0 Å². The number of hydrogen-bond acceptors (Lipinski definition) is 2. The molecule has 0 saturated carbocycles. The van der Waals surface area contributed by atoms with Crippen molar-refractivity contribution in [1.82, 2.24) is 4.98 Å². The number of aromatic nitrogens is 1. The zero-order chi connectivity index (χ0) is 7.56. The van der Waals surface area contributed by atoms with E-state index in [2.05, 4.69) is 4.98 Å². The van der Waals surface area contributed by atoms with Crippen molar-refractivity contribution in [1.29, 1.82) is 0 Å². The summed E-state index contributed by atoms with van der Waals surface area (Å²) in [5, 5.41) is 0.683. The number of nitrogens with zero attached hydrogens (tertiary/aromatic N) is 1. The molecular weight excluding hydrogens is 148 g/mol. The van der Waals surface area contributed by atoms with Crippen LogP contribution in [-0.4, -0.2) is 4.98 Å². The number of pyridine rings is 1. The zero-order valence-corrected chi connectivity index (χ0v) is 6.52. The number of hydrogen-bond donors (Lipinski definition) is 1. The summed E-state index contributed by atoms with van der Waals surface area (Å²) in [7, 11) is 0. The molecule has 0 unspecified atom stereocenters. The predicted molar refractivity (Wildman–Crippen MR) is 41.9 cm³/mol. The Bertz CT molecular complexity index is 235. The van der Waals surface area contributed by atoms with Crippen LogP contribution in [-0.2, 0) is 6.54 Å². The van der Waals surface area contributed by atoms with Gasteiger partial charge in [0.1, 0.15) is 0 Å². The van der Waals surface area contributed by atoms with Crippen LogP contribution in [0.1, 0.15) is 11.3 Å². The highest BCUT2D eigenvalue weighted by Crippen LogP contribution is 2.12. The minimum Gasteiger partial charge on any atom is -0.326 e. The van der Waals surface area contributed by atoms with Crippen LogP contribution < -0.4 is 5.73 Å². The SMILES string of the molecule is Cc1ncc(CN)cc1Cl. The molecule has 1 heterocycles. The minimum absolute atomic E-state index is 0.493. The van der Waals surface area contributed by atoms with E-state index >= 15 is 0 Å². The van der Waals surface area contributed by atoms with Crippen molar-refractivity contribution >= 4 is 11.6 Å². The van der Waals surface area contributed by atoms with Crippen LogP contribution in [0.5, 0.6) is 0 Å². The second-order valence-corrected chi connectivity index (χ2v) is 2.52. The molecule has 0 atom stereocenters. The summed E-state index contributed by atoms with van der Waals surface area (Å²) in [4.78, 5) is 4.04. The highest BCUT2D eigenvalue weighted by molar-refractivity contribution is 6.31. The fourth-order valence-electron chi connectivity index (χ4n) is 0.658. The molecule has 10 heavy (non-hydrogen) atoms. The number of aryl methyl sites for hydroxylation is 1. The van der Waals surface area contributed by atoms with Crippen molar-refractivity contribution in [2.45, 2.75) is 13.5 Å². The predicted octanol–water partition coefficient (Wildman–Crippen LogP) is 1.50. The number of nitrogens with two attached hydrogens (primary N) is 1. The molecule has 0 aromatic carbocycles. The average Bonchev–Trinajstić information content (AvgIpc) is 1.95. The maximum atomic E-state index is 5.77. The summed E-state index contributed by atoms with van der Waals surface area (Å²) in [6, 6.07) is 1.84. The maximum Gasteiger partial charge on any atom is 0.0621 e. The average molecular weight is 157 g/mol. The molecule has 2 nitrogen and oxygen atoms in total. The summed E-state index contributed by atoms with van der Waals surface area (Å²) >= 11 is 5.77. The van der Waals surface area contributed by atoms with Gasteiger partial charge in [0.2, 0.25) is 0 Å². The summed E-state index contributed by atoms with van der Waals surface area (Å²) < 4.78 is 0. The van der Waals surface area contributed by atoms with Crippen molar-refractivity contribution < 1.29 is 0 Å². The first-order valence-electron chi connectivity index (χ1n) is 3.05. The molecule has 0 aliphatic carbocycles. The Morgan fingerprint density at radius 3 is 2.90 bits per heavy atom. The lowest BCUT2D eigenvalue weighted by Crippen LogP contribution is -1.97. The maximum absolute atomic E-state index is 5.77. The van der Waals surface area contributed by atoms with E-state index in [-0.39, 0.29) is 0 Å². The Morgan fingerprint density at radius 2 is 2.40 bits per heavy atom. The van der Waals surface area contributed by atoms with E-state index in [1.165, 1.54) is 0 Å². The quantitative estimate of drug-likeness (QED) is 0.670. The van der Waals surface area contributed by atoms with E-state index in [4.69, 9.17) is 17.3 Å². The molecule has 1 aromatic rings. The highest BCUT2D eigenvalue weighted by Gasteiger charge is 1.95. The lowest BCUT2D eigenvalue weighted by atomic mass is 10.2. The normalized spacial score (nSPS) is 9.90. The molecule has 0 saturated heterocycles. The molecule has 0 bridgehead atoms. The van der Waals surface area contributed by atoms with Gasteiger partial charge in [-0.3, -0.25) is 4.98 Å². The number of rotatable bonds is 1. The standard InChI is InChI=1S/C7H9ClN2/c1-5-7(8)2-6(3-9)4-10-5/h2,4H,3,9H2,1H3. The lowest BCUT2D eigenvalue weighted by Gasteiger charge is -1.98. The Labute approximate surface area is 65.0 Å². The van der Waals surface area contributed by atoms with Crippen LogP contribution in [0.3, 0.4) is 0 Å². The van der Waals surface area contributed by atoms with E-state index in [1.54, 1.807) is 6.20 Å². The Kier molecular flexibility index (Phi) is 2.25. The molecule has 0 spiro atoms. The third-order valence-electron chi connectivity index (χ3n) is 1.32. The van der Waals surface area contributed by atoms with Gasteiger partial charge in [-0.15, -0.1) is 0 Å². The molecule has 1 rings (SSSR count). The summed E-state index contributed by atoms with van der Waals surface area (Å²) in [5.74, 6) is 0. The molecule has 0 radical (unpaired) electrons. The molecule has 1 aromatic heterocycles. The van der Waals surface area contributed by atoms with Gasteiger partial charge in [0.05, 0.1) is 10.7 Å². The van der Waals surface area contributed by atoms with Crippen molar-refractivity contribution in [2.75, 3.05) is 0 Å². The fraction of sp³-hybridized carbons (Fsp3) is 0.286. The fourth-order valence-corrected chi connectivity index (χ4v) is 0.846. The molecule has 0 aliphatic heterocycles. The van der Waals surface area contributed by atoms with Crippen molar-refractivity contribution in [3.8, 4) is 0 Å². The second kappa shape index (κ2) is 2.99. The monoisotopic (exact) mass is 156 g/mol. The third-order valence-corrected chi connectivity index (χ3v) is 1.70. The van der Waals surface area contributed by atoms with Crippen LogP contribution >= 0.6 is 11.6 Å². The molecule has 0 fully saturated rings. The first-order chi connectivity index (χ1) is 4.74. The van der Waals surface area contributed by atoms with Gasteiger partial charge in [0, 0.05) is 12.7 Å². The van der Waals surface area contributed by atoms with Gasteiger partial charge in [-0.2, -0.15) is 0 Å². The van der Waals surface area contributed by atoms with Gasteiger partial charge in [-0.05, 0) is 18.6 Å². The molecule has 54 valence electrons. The van der Waals surface area contributed by atoms with E-state index in [9.17, 15) is 0 Å². The van der Waals surface area contributed by atoms with Crippen LogP contribution in [0.2, 0.25) is 5.02 Å². The van der Waals surface area contributed by atoms with Gasteiger partial charge >= 0.3 is 0 Å². The largest absolute Gasteiger partial charge is 0.326 e. The minimum atomic E-state index is 0.493. The van der Waals surface area contributed by atoms with Gasteiger partial charge in [-0.1, -0.05) is 11.6 Å². The van der Waals surface area contributed by atoms with Gasteiger partial charge in [0.25, 0.3) is 0 Å². The topological polar surface area (TPSA) is 38.9 Å². The highest BCUT2D eigenvalue weighted by atomic mass is 35.5. The molecule has 3 heteroatoms. The summed E-state index contributed by atoms with van der Waals surface area (Å²) in [6.07, 6.45) is 1.74. The number of halogens is 1. The third kappa shape index (κ3) is 1.46. The second-order valence-electron chi connectivity index (χ2n) is 2.11. The van der Waals surface area contributed by atoms with Crippen molar-refractivity contribution in [3.63, 3.8) is 0 Å². The van der Waals surface area contributed by atoms with Crippen LogP contribution in [0.4, 0.5) is 0 Å². The van der Waals surface area contributed by atoms with E-state index in [1.807, 2.05) is 13.0 Å². The van der Waals surface area contributed by atoms with Gasteiger partial charge in [-0.25, -0.2) is 0 Å². The van der Waals surface area contributed by atoms with Crippen molar-refractivity contribution in [2.24, 2.45) is 5.73 Å². The summed E-state index contributed by atoms with van der Waals surface area (Å²) in [5.41, 5.74) is 7.18. The zero-order valence-electron chi connectivity index (χ0n) is 5.76. The Balaban J connectivity index is 3.04. The summed E-state index contributed by atoms with van der Waals surface area (Å²) in [6.45, 7) is 2.36. The van der Waals surface area contributed by atoms with Crippen LogP contribution in [0.15, 0.2) is 12.3 Å². The van der Waals surface area contributed by atoms with Gasteiger partial charge < -0.3 is 5.73 Å². The van der Waals surface area contributed by atoms with Crippen LogP contribution in [0, 0.1) is 6.92 Å². The lowest BCUT2D eigenvalue weighted by molar-refractivity contribution is 1.03. The molecule has 0 amide bonds. The first-order valence-corrected chi connectivity index (χ1v) is 3.43. The van der Waals surface area contributed by atoms with E-state index in [0.29, 0.717) is 11.6 Å². The van der Waals surface area contributed by atoms with E-state index in [0.717, 1.165) is 11.3 Å². The van der Waals surface area contributed by atoms with Crippen LogP contribution in [0.25, 0.3) is 0 Å². The smallest absolute Gasteiger partial charge is 0.0621 e.